The SMILES string of the molecule is CCCN(C)c1sc(C(=O)N(C)C)c(N)c1C#N. The fraction of sp³-hybridized carbons (Fsp3) is 0.500. The maximum absolute atomic E-state index is 12.0. The largest absolute Gasteiger partial charge is 0.396 e. The average molecular weight is 266 g/mol. The van der Waals surface area contributed by atoms with E-state index in [0.29, 0.717) is 16.1 Å². The molecule has 6 heteroatoms. The predicted octanol–water partition coefficient (Wildman–Crippen LogP) is 1.75. The Morgan fingerprint density at radius 2 is 2.06 bits per heavy atom. The van der Waals surface area contributed by atoms with Crippen LogP contribution in [0.4, 0.5) is 10.7 Å². The van der Waals surface area contributed by atoms with Crippen molar-refractivity contribution >= 4 is 27.9 Å². The molecule has 0 aromatic carbocycles. The lowest BCUT2D eigenvalue weighted by molar-refractivity contribution is 0.0833. The summed E-state index contributed by atoms with van der Waals surface area (Å²) in [5, 5.41) is 9.94. The monoisotopic (exact) mass is 266 g/mol. The molecule has 98 valence electrons. The molecule has 1 aromatic heterocycles. The van der Waals surface area contributed by atoms with Crippen LogP contribution in [0.5, 0.6) is 0 Å². The first-order valence-electron chi connectivity index (χ1n) is 5.69. The van der Waals surface area contributed by atoms with Gasteiger partial charge in [-0.3, -0.25) is 4.79 Å². The summed E-state index contributed by atoms with van der Waals surface area (Å²) < 4.78 is 0. The maximum atomic E-state index is 12.0. The van der Waals surface area contributed by atoms with Gasteiger partial charge in [0.2, 0.25) is 0 Å². The summed E-state index contributed by atoms with van der Waals surface area (Å²) >= 11 is 1.28. The molecule has 0 aliphatic carbocycles. The third kappa shape index (κ3) is 2.57. The number of carbonyl (C=O) groups excluding carboxylic acids is 1. The molecule has 0 spiro atoms. The summed E-state index contributed by atoms with van der Waals surface area (Å²) in [7, 11) is 5.24. The van der Waals surface area contributed by atoms with E-state index in [4.69, 9.17) is 5.73 Å². The van der Waals surface area contributed by atoms with Gasteiger partial charge in [-0.2, -0.15) is 5.26 Å². The Morgan fingerprint density at radius 1 is 1.44 bits per heavy atom. The summed E-state index contributed by atoms with van der Waals surface area (Å²) in [6.07, 6.45) is 0.968. The summed E-state index contributed by atoms with van der Waals surface area (Å²) in [5.74, 6) is -0.162. The van der Waals surface area contributed by atoms with Crippen LogP contribution in [-0.2, 0) is 0 Å². The highest BCUT2D eigenvalue weighted by atomic mass is 32.1. The fourth-order valence-corrected chi connectivity index (χ4v) is 2.79. The van der Waals surface area contributed by atoms with Crippen LogP contribution in [0.25, 0.3) is 0 Å². The number of carbonyl (C=O) groups is 1. The van der Waals surface area contributed by atoms with E-state index < -0.39 is 0 Å². The van der Waals surface area contributed by atoms with Crippen LogP contribution in [0.15, 0.2) is 0 Å². The Bertz CT molecular complexity index is 487. The van der Waals surface area contributed by atoms with Crippen LogP contribution in [0.1, 0.15) is 28.6 Å². The average Bonchev–Trinajstić information content (AvgIpc) is 2.65. The van der Waals surface area contributed by atoms with Crippen molar-refractivity contribution in [1.29, 1.82) is 5.26 Å². The first-order chi connectivity index (χ1) is 8.43. The first-order valence-corrected chi connectivity index (χ1v) is 6.50. The highest BCUT2D eigenvalue weighted by molar-refractivity contribution is 7.19. The van der Waals surface area contributed by atoms with Crippen molar-refractivity contribution < 1.29 is 4.79 Å². The quantitative estimate of drug-likeness (QED) is 0.901. The van der Waals surface area contributed by atoms with Crippen molar-refractivity contribution in [2.45, 2.75) is 13.3 Å². The molecule has 5 nitrogen and oxygen atoms in total. The summed E-state index contributed by atoms with van der Waals surface area (Å²) in [6, 6.07) is 2.09. The molecule has 18 heavy (non-hydrogen) atoms. The fourth-order valence-electron chi connectivity index (χ4n) is 1.61. The molecule has 0 unspecified atom stereocenters. The Kier molecular flexibility index (Phi) is 4.56. The Hall–Kier alpha value is -1.74. The van der Waals surface area contributed by atoms with Crippen LogP contribution in [0.3, 0.4) is 0 Å². The zero-order chi connectivity index (χ0) is 13.9. The van der Waals surface area contributed by atoms with E-state index in [1.54, 1.807) is 14.1 Å². The van der Waals surface area contributed by atoms with Gasteiger partial charge in [-0.05, 0) is 6.42 Å². The van der Waals surface area contributed by atoms with Crippen LogP contribution in [0.2, 0.25) is 0 Å². The van der Waals surface area contributed by atoms with E-state index in [9.17, 15) is 10.1 Å². The molecular formula is C12H18N4OS. The molecule has 2 N–H and O–H groups in total. The Morgan fingerprint density at radius 3 is 2.50 bits per heavy atom. The van der Waals surface area contributed by atoms with E-state index in [1.165, 1.54) is 16.2 Å². The molecule has 0 bridgehead atoms. The normalized spacial score (nSPS) is 9.94. The minimum atomic E-state index is -0.162. The number of thiophene rings is 1. The minimum Gasteiger partial charge on any atom is -0.396 e. The van der Waals surface area contributed by atoms with Gasteiger partial charge in [-0.1, -0.05) is 6.92 Å². The van der Waals surface area contributed by atoms with E-state index in [-0.39, 0.29) is 5.91 Å². The van der Waals surface area contributed by atoms with Crippen LogP contribution >= 0.6 is 11.3 Å². The minimum absolute atomic E-state index is 0.162. The van der Waals surface area contributed by atoms with E-state index in [1.807, 2.05) is 11.9 Å². The van der Waals surface area contributed by atoms with Crippen molar-refractivity contribution in [3.63, 3.8) is 0 Å². The molecule has 1 rings (SSSR count). The maximum Gasteiger partial charge on any atom is 0.265 e. The lowest BCUT2D eigenvalue weighted by Crippen LogP contribution is -2.21. The highest BCUT2D eigenvalue weighted by Gasteiger charge is 2.23. The van der Waals surface area contributed by atoms with Gasteiger partial charge in [-0.15, -0.1) is 11.3 Å². The van der Waals surface area contributed by atoms with Gasteiger partial charge < -0.3 is 15.5 Å². The third-order valence-electron chi connectivity index (χ3n) is 2.54. The zero-order valence-electron chi connectivity index (χ0n) is 11.1. The van der Waals surface area contributed by atoms with Gasteiger partial charge in [0.05, 0.1) is 5.69 Å². The number of rotatable bonds is 4. The number of nitriles is 1. The number of nitrogen functional groups attached to an aromatic ring is 1. The van der Waals surface area contributed by atoms with Crippen molar-refractivity contribution in [3.05, 3.63) is 10.4 Å². The molecule has 0 aliphatic rings. The predicted molar refractivity (Wildman–Crippen MR) is 75.0 cm³/mol. The number of hydrogen-bond donors (Lipinski definition) is 1. The highest BCUT2D eigenvalue weighted by Crippen LogP contribution is 2.37. The van der Waals surface area contributed by atoms with Gasteiger partial charge in [-0.25, -0.2) is 0 Å². The summed E-state index contributed by atoms with van der Waals surface area (Å²) in [6.45, 7) is 2.88. The van der Waals surface area contributed by atoms with Crippen LogP contribution in [0, 0.1) is 11.3 Å². The van der Waals surface area contributed by atoms with Crippen molar-refractivity contribution in [2.75, 3.05) is 38.3 Å². The molecule has 0 saturated heterocycles. The number of nitrogens with two attached hydrogens (primary N) is 1. The summed E-state index contributed by atoms with van der Waals surface area (Å²) in [5.41, 5.74) is 6.60. The van der Waals surface area contributed by atoms with Gasteiger partial charge in [0.15, 0.2) is 0 Å². The standard InChI is InChI=1S/C12H18N4OS/c1-5-6-16(4)12-8(7-13)9(14)10(18-12)11(17)15(2)3/h5-6,14H2,1-4H3. The lowest BCUT2D eigenvalue weighted by atomic mass is 10.2. The smallest absolute Gasteiger partial charge is 0.265 e. The molecule has 0 radical (unpaired) electrons. The molecule has 1 amide bonds. The molecule has 0 fully saturated rings. The van der Waals surface area contributed by atoms with Gasteiger partial charge in [0, 0.05) is 27.7 Å². The van der Waals surface area contributed by atoms with Crippen LogP contribution in [-0.4, -0.2) is 38.5 Å². The van der Waals surface area contributed by atoms with E-state index in [2.05, 4.69) is 13.0 Å². The number of hydrogen-bond acceptors (Lipinski definition) is 5. The molecular weight excluding hydrogens is 248 g/mol. The van der Waals surface area contributed by atoms with Crippen molar-refractivity contribution in [3.8, 4) is 6.07 Å². The number of amides is 1. The second kappa shape index (κ2) is 5.74. The van der Waals surface area contributed by atoms with Gasteiger partial charge in [0.1, 0.15) is 21.5 Å². The zero-order valence-corrected chi connectivity index (χ0v) is 12.0. The van der Waals surface area contributed by atoms with Gasteiger partial charge in [0.25, 0.3) is 5.91 Å². The Labute approximate surface area is 111 Å². The number of nitrogens with zero attached hydrogens (tertiary/aromatic N) is 3. The van der Waals surface area contributed by atoms with Crippen LogP contribution < -0.4 is 10.6 Å². The second-order valence-corrected chi connectivity index (χ2v) is 5.26. The van der Waals surface area contributed by atoms with E-state index >= 15 is 0 Å². The molecule has 1 aromatic rings. The third-order valence-corrected chi connectivity index (χ3v) is 3.85. The van der Waals surface area contributed by atoms with Gasteiger partial charge >= 0.3 is 0 Å². The first kappa shape index (κ1) is 14.3. The molecule has 0 atom stereocenters. The lowest BCUT2D eigenvalue weighted by Gasteiger charge is -2.16. The van der Waals surface area contributed by atoms with E-state index in [0.717, 1.165) is 18.0 Å². The molecule has 1 heterocycles. The van der Waals surface area contributed by atoms with Crippen molar-refractivity contribution in [2.24, 2.45) is 0 Å². The second-order valence-electron chi connectivity index (χ2n) is 4.26. The van der Waals surface area contributed by atoms with Crippen molar-refractivity contribution in [1.82, 2.24) is 4.90 Å². The Balaban J connectivity index is 3.26. The topological polar surface area (TPSA) is 73.4 Å². The number of anilines is 2. The summed E-state index contributed by atoms with van der Waals surface area (Å²) in [4.78, 5) is 15.8. The molecule has 0 aliphatic heterocycles. The molecule has 0 saturated carbocycles.